The molecular formula is C23H18F3N7O3. The molecule has 0 unspecified atom stereocenters. The Hall–Kier alpha value is -4.94. The van der Waals surface area contributed by atoms with Crippen molar-refractivity contribution in [2.75, 3.05) is 17.7 Å². The fraction of sp³-hybridized carbons (Fsp3) is 0.0870. The minimum absolute atomic E-state index is 0.114. The van der Waals surface area contributed by atoms with E-state index in [0.717, 1.165) is 12.1 Å². The molecule has 2 aromatic heterocycles. The van der Waals surface area contributed by atoms with E-state index in [4.69, 9.17) is 4.74 Å². The SMILES string of the molecule is CNC(=O)c1cc(Oc2ccc(NC(=O)Nc3cc(C(F)(F)F)ccc3-n3cncn3)cc2)ccn1. The van der Waals surface area contributed by atoms with Crippen molar-refractivity contribution in [3.63, 3.8) is 0 Å². The normalized spacial score (nSPS) is 11.0. The molecule has 184 valence electrons. The van der Waals surface area contributed by atoms with Gasteiger partial charge in [-0.05, 0) is 48.5 Å². The predicted octanol–water partition coefficient (Wildman–Crippen LogP) is 4.48. The molecule has 3 amide bonds. The number of pyridine rings is 1. The molecule has 0 aliphatic heterocycles. The molecule has 3 N–H and O–H groups in total. The molecule has 0 atom stereocenters. The summed E-state index contributed by atoms with van der Waals surface area (Å²) < 4.78 is 46.5. The third kappa shape index (κ3) is 5.75. The van der Waals surface area contributed by atoms with Crippen LogP contribution in [0.5, 0.6) is 11.5 Å². The van der Waals surface area contributed by atoms with Crippen LogP contribution < -0.4 is 20.7 Å². The monoisotopic (exact) mass is 497 g/mol. The van der Waals surface area contributed by atoms with Gasteiger partial charge in [0.05, 0.1) is 16.9 Å². The average molecular weight is 497 g/mol. The fourth-order valence-corrected chi connectivity index (χ4v) is 3.10. The number of halogens is 3. The number of aromatic nitrogens is 4. The molecule has 0 saturated heterocycles. The lowest BCUT2D eigenvalue weighted by Gasteiger charge is -2.15. The van der Waals surface area contributed by atoms with Crippen molar-refractivity contribution in [1.82, 2.24) is 25.1 Å². The minimum Gasteiger partial charge on any atom is -0.457 e. The molecule has 0 bridgehead atoms. The summed E-state index contributed by atoms with van der Waals surface area (Å²) in [6.45, 7) is 0. The summed E-state index contributed by atoms with van der Waals surface area (Å²) in [6, 6.07) is 11.4. The number of carbonyl (C=O) groups excluding carboxylic acids is 2. The Bertz CT molecular complexity index is 1370. The lowest BCUT2D eigenvalue weighted by Crippen LogP contribution is -2.21. The van der Waals surface area contributed by atoms with Crippen molar-refractivity contribution < 1.29 is 27.5 Å². The number of urea groups is 1. The van der Waals surface area contributed by atoms with Crippen LogP contribution in [0.1, 0.15) is 16.1 Å². The van der Waals surface area contributed by atoms with E-state index in [1.54, 1.807) is 30.3 Å². The van der Waals surface area contributed by atoms with Gasteiger partial charge >= 0.3 is 12.2 Å². The lowest BCUT2D eigenvalue weighted by molar-refractivity contribution is -0.137. The van der Waals surface area contributed by atoms with Crippen LogP contribution in [-0.2, 0) is 6.18 Å². The first-order valence-electron chi connectivity index (χ1n) is 10.3. The van der Waals surface area contributed by atoms with E-state index < -0.39 is 17.8 Å². The van der Waals surface area contributed by atoms with Gasteiger partial charge in [0.1, 0.15) is 29.8 Å². The number of nitrogens with zero attached hydrogens (tertiary/aromatic N) is 4. The van der Waals surface area contributed by atoms with Gasteiger partial charge in [0, 0.05) is 25.0 Å². The standard InChI is InChI=1S/C23H18F3N7O3/c1-27-21(34)19-11-17(8-9-29-19)36-16-5-3-15(4-6-16)31-22(35)32-18-10-14(23(24,25)26)2-7-20(18)33-13-28-12-30-33/h2-13H,1H3,(H,27,34)(H2,31,32,35). The minimum atomic E-state index is -4.60. The Kier molecular flexibility index (Phi) is 6.81. The summed E-state index contributed by atoms with van der Waals surface area (Å²) in [7, 11) is 1.49. The van der Waals surface area contributed by atoms with E-state index in [9.17, 15) is 22.8 Å². The van der Waals surface area contributed by atoms with E-state index in [1.165, 1.54) is 42.7 Å². The van der Waals surface area contributed by atoms with E-state index in [-0.39, 0.29) is 23.0 Å². The Morgan fingerprint density at radius 3 is 2.42 bits per heavy atom. The highest BCUT2D eigenvalue weighted by atomic mass is 19.4. The topological polar surface area (TPSA) is 123 Å². The molecular weight excluding hydrogens is 479 g/mol. The van der Waals surface area contributed by atoms with Crippen molar-refractivity contribution in [1.29, 1.82) is 0 Å². The number of carbonyl (C=O) groups is 2. The number of ether oxygens (including phenoxy) is 1. The number of alkyl halides is 3. The largest absolute Gasteiger partial charge is 0.457 e. The molecule has 0 saturated carbocycles. The van der Waals surface area contributed by atoms with Gasteiger partial charge in [0.25, 0.3) is 5.91 Å². The smallest absolute Gasteiger partial charge is 0.416 e. The summed E-state index contributed by atoms with van der Waals surface area (Å²) in [5.74, 6) is 0.437. The van der Waals surface area contributed by atoms with Crippen LogP contribution in [0.4, 0.5) is 29.3 Å². The zero-order valence-electron chi connectivity index (χ0n) is 18.6. The van der Waals surface area contributed by atoms with Crippen molar-refractivity contribution in [2.45, 2.75) is 6.18 Å². The Balaban J connectivity index is 1.46. The number of anilines is 2. The van der Waals surface area contributed by atoms with Crippen LogP contribution in [0.15, 0.2) is 73.4 Å². The predicted molar refractivity (Wildman–Crippen MR) is 123 cm³/mol. The van der Waals surface area contributed by atoms with Crippen LogP contribution >= 0.6 is 0 Å². The number of nitrogens with one attached hydrogen (secondary N) is 3. The van der Waals surface area contributed by atoms with Crippen LogP contribution in [0.3, 0.4) is 0 Å². The van der Waals surface area contributed by atoms with Crippen molar-refractivity contribution in [3.8, 4) is 17.2 Å². The molecule has 0 aliphatic carbocycles. The number of amides is 3. The molecule has 13 heteroatoms. The third-order valence-electron chi connectivity index (χ3n) is 4.78. The molecule has 4 rings (SSSR count). The summed E-state index contributed by atoms with van der Waals surface area (Å²) >= 11 is 0. The van der Waals surface area contributed by atoms with Crippen LogP contribution in [0, 0.1) is 0 Å². The number of benzene rings is 2. The van der Waals surface area contributed by atoms with Gasteiger partial charge in [-0.15, -0.1) is 0 Å². The van der Waals surface area contributed by atoms with Gasteiger partial charge in [0.2, 0.25) is 0 Å². The first-order valence-corrected chi connectivity index (χ1v) is 10.3. The molecule has 0 spiro atoms. The zero-order valence-corrected chi connectivity index (χ0v) is 18.6. The van der Waals surface area contributed by atoms with Gasteiger partial charge in [-0.3, -0.25) is 9.78 Å². The summed E-state index contributed by atoms with van der Waals surface area (Å²) in [5, 5.41) is 11.3. The van der Waals surface area contributed by atoms with E-state index >= 15 is 0 Å². The molecule has 36 heavy (non-hydrogen) atoms. The Morgan fingerprint density at radius 2 is 1.75 bits per heavy atom. The maximum Gasteiger partial charge on any atom is 0.416 e. The van der Waals surface area contributed by atoms with Crippen LogP contribution in [0.25, 0.3) is 5.69 Å². The molecule has 4 aromatic rings. The molecule has 2 aromatic carbocycles. The highest BCUT2D eigenvalue weighted by molar-refractivity contribution is 6.01. The van der Waals surface area contributed by atoms with Crippen molar-refractivity contribution in [3.05, 3.63) is 84.7 Å². The van der Waals surface area contributed by atoms with Crippen molar-refractivity contribution >= 4 is 23.3 Å². The molecule has 0 fully saturated rings. The second-order valence-electron chi connectivity index (χ2n) is 7.23. The lowest BCUT2D eigenvalue weighted by atomic mass is 10.1. The molecule has 0 aliphatic rings. The molecule has 10 nitrogen and oxygen atoms in total. The maximum absolute atomic E-state index is 13.2. The average Bonchev–Trinajstić information content (AvgIpc) is 3.39. The quantitative estimate of drug-likeness (QED) is 0.361. The molecule has 0 radical (unpaired) electrons. The fourth-order valence-electron chi connectivity index (χ4n) is 3.10. The van der Waals surface area contributed by atoms with Crippen molar-refractivity contribution in [2.24, 2.45) is 0 Å². The van der Waals surface area contributed by atoms with Crippen LogP contribution in [0.2, 0.25) is 0 Å². The third-order valence-corrected chi connectivity index (χ3v) is 4.78. The first-order chi connectivity index (χ1) is 17.2. The van der Waals surface area contributed by atoms with Gasteiger partial charge in [-0.1, -0.05) is 0 Å². The summed E-state index contributed by atoms with van der Waals surface area (Å²) in [5.41, 5.74) is -0.302. The summed E-state index contributed by atoms with van der Waals surface area (Å²) in [4.78, 5) is 32.0. The Morgan fingerprint density at radius 1 is 0.972 bits per heavy atom. The zero-order chi connectivity index (χ0) is 25.7. The number of rotatable bonds is 6. The first kappa shape index (κ1) is 24.2. The maximum atomic E-state index is 13.2. The highest BCUT2D eigenvalue weighted by Crippen LogP contribution is 2.33. The number of hydrogen-bond donors (Lipinski definition) is 3. The second kappa shape index (κ2) is 10.1. The highest BCUT2D eigenvalue weighted by Gasteiger charge is 2.31. The van der Waals surface area contributed by atoms with Gasteiger partial charge in [-0.2, -0.15) is 18.3 Å². The van der Waals surface area contributed by atoms with Gasteiger partial charge in [0.15, 0.2) is 0 Å². The number of hydrogen-bond acceptors (Lipinski definition) is 6. The Labute approximate surface area is 202 Å². The van der Waals surface area contributed by atoms with E-state index in [0.29, 0.717) is 17.2 Å². The van der Waals surface area contributed by atoms with Crippen LogP contribution in [-0.4, -0.2) is 38.7 Å². The van der Waals surface area contributed by atoms with Gasteiger partial charge < -0.3 is 20.7 Å². The van der Waals surface area contributed by atoms with E-state index in [1.807, 2.05) is 0 Å². The van der Waals surface area contributed by atoms with Gasteiger partial charge in [-0.25, -0.2) is 14.5 Å². The molecule has 2 heterocycles. The summed E-state index contributed by atoms with van der Waals surface area (Å²) in [6.07, 6.45) is -0.650. The second-order valence-corrected chi connectivity index (χ2v) is 7.23. The van der Waals surface area contributed by atoms with E-state index in [2.05, 4.69) is 31.0 Å².